The van der Waals surface area contributed by atoms with E-state index in [9.17, 15) is 9.59 Å². The maximum atomic E-state index is 13.2. The molecule has 162 valence electrons. The summed E-state index contributed by atoms with van der Waals surface area (Å²) in [5.74, 6) is 0.571. The number of nitrogens with one attached hydrogen (secondary N) is 2. The van der Waals surface area contributed by atoms with Gasteiger partial charge in [-0.15, -0.1) is 0 Å². The molecule has 4 unspecified atom stereocenters. The number of hydrogen-bond donors (Lipinski definition) is 2. The number of likely N-dealkylation sites (N-methyl/N-ethyl adjacent to an activating group) is 1. The minimum atomic E-state index is -0.254. The van der Waals surface area contributed by atoms with Crippen molar-refractivity contribution in [2.24, 2.45) is 13.0 Å². The van der Waals surface area contributed by atoms with E-state index in [1.807, 2.05) is 37.3 Å². The van der Waals surface area contributed by atoms with Crippen molar-refractivity contribution in [3.05, 3.63) is 39.9 Å². The van der Waals surface area contributed by atoms with E-state index in [0.29, 0.717) is 5.92 Å². The topological polar surface area (TPSA) is 79.3 Å². The molecule has 1 aliphatic heterocycles. The molecule has 30 heavy (non-hydrogen) atoms. The van der Waals surface area contributed by atoms with Gasteiger partial charge >= 0.3 is 0 Å². The van der Waals surface area contributed by atoms with Crippen LogP contribution in [0.15, 0.2) is 23.1 Å². The van der Waals surface area contributed by atoms with Gasteiger partial charge in [0.25, 0.3) is 11.5 Å². The van der Waals surface area contributed by atoms with Crippen LogP contribution in [-0.4, -0.2) is 52.7 Å². The second-order valence-corrected chi connectivity index (χ2v) is 8.99. The fraction of sp³-hybridized carbons (Fsp3) is 0.609. The van der Waals surface area contributed by atoms with E-state index < -0.39 is 0 Å². The van der Waals surface area contributed by atoms with Crippen LogP contribution in [0.25, 0.3) is 10.9 Å². The molecule has 1 saturated heterocycles. The van der Waals surface area contributed by atoms with Crippen LogP contribution in [0, 0.1) is 5.92 Å². The molecule has 0 aromatic carbocycles. The van der Waals surface area contributed by atoms with Crippen molar-refractivity contribution in [1.82, 2.24) is 25.1 Å². The number of aromatic nitrogens is 2. The van der Waals surface area contributed by atoms with Crippen LogP contribution in [0.3, 0.4) is 0 Å². The van der Waals surface area contributed by atoms with Crippen LogP contribution in [-0.2, 0) is 18.3 Å². The van der Waals surface area contributed by atoms with Crippen LogP contribution < -0.4 is 16.2 Å². The molecular weight excluding hydrogens is 378 g/mol. The van der Waals surface area contributed by atoms with Crippen molar-refractivity contribution in [3.63, 3.8) is 0 Å². The number of hydrogen-bond acceptors (Lipinski definition) is 5. The minimum Gasteiger partial charge on any atom is -0.351 e. The number of aryl methyl sites for hydroxylation is 2. The summed E-state index contributed by atoms with van der Waals surface area (Å²) < 4.78 is 1.76. The third-order valence-electron chi connectivity index (χ3n) is 6.99. The third-order valence-corrected chi connectivity index (χ3v) is 6.99. The Balaban J connectivity index is 1.59. The molecule has 0 spiro atoms. The van der Waals surface area contributed by atoms with Gasteiger partial charge in [-0.05, 0) is 56.7 Å². The van der Waals surface area contributed by atoms with Crippen LogP contribution in [0.1, 0.15) is 50.3 Å². The van der Waals surface area contributed by atoms with Gasteiger partial charge in [-0.2, -0.15) is 0 Å². The first-order valence-corrected chi connectivity index (χ1v) is 11.1. The summed E-state index contributed by atoms with van der Waals surface area (Å²) in [7, 11) is 3.81. The van der Waals surface area contributed by atoms with Gasteiger partial charge in [-0.25, -0.2) is 0 Å². The molecule has 2 aliphatic rings. The van der Waals surface area contributed by atoms with Crippen molar-refractivity contribution >= 4 is 16.8 Å². The SMILES string of the molecule is CCc1cc2c(cn1)cc(C1CC(NC(=O)C3NCCN3C)CCC1C)c(=O)n2C. The van der Waals surface area contributed by atoms with Crippen molar-refractivity contribution < 1.29 is 4.79 Å². The summed E-state index contributed by atoms with van der Waals surface area (Å²) in [4.78, 5) is 32.5. The van der Waals surface area contributed by atoms with Gasteiger partial charge in [0, 0.05) is 49.0 Å². The van der Waals surface area contributed by atoms with Crippen LogP contribution in [0.4, 0.5) is 0 Å². The Bertz CT molecular complexity index is 1000. The van der Waals surface area contributed by atoms with Gasteiger partial charge in [-0.3, -0.25) is 24.8 Å². The van der Waals surface area contributed by atoms with E-state index in [2.05, 4.69) is 29.5 Å². The van der Waals surface area contributed by atoms with E-state index in [1.54, 1.807) is 4.57 Å². The summed E-state index contributed by atoms with van der Waals surface area (Å²) in [6.07, 6.45) is 5.22. The first kappa shape index (κ1) is 21.0. The van der Waals surface area contributed by atoms with E-state index in [1.165, 1.54) is 0 Å². The van der Waals surface area contributed by atoms with Crippen LogP contribution in [0.5, 0.6) is 0 Å². The molecule has 2 aromatic rings. The molecule has 4 rings (SSSR count). The Labute approximate surface area is 177 Å². The summed E-state index contributed by atoms with van der Waals surface area (Å²) in [5.41, 5.74) is 2.83. The van der Waals surface area contributed by atoms with E-state index in [0.717, 1.165) is 60.9 Å². The number of fused-ring (bicyclic) bond motifs is 1. The average molecular weight is 412 g/mol. The van der Waals surface area contributed by atoms with Gasteiger partial charge in [0.15, 0.2) is 0 Å². The Morgan fingerprint density at radius 3 is 2.80 bits per heavy atom. The molecule has 2 aromatic heterocycles. The predicted octanol–water partition coefficient (Wildman–Crippen LogP) is 1.75. The molecule has 1 amide bonds. The molecule has 0 radical (unpaired) electrons. The van der Waals surface area contributed by atoms with Crippen LogP contribution >= 0.6 is 0 Å². The third kappa shape index (κ3) is 3.88. The molecule has 2 fully saturated rings. The second kappa shape index (κ2) is 8.47. The Morgan fingerprint density at radius 1 is 1.30 bits per heavy atom. The Hall–Kier alpha value is -2.25. The molecule has 1 saturated carbocycles. The highest BCUT2D eigenvalue weighted by atomic mass is 16.2. The van der Waals surface area contributed by atoms with E-state index in [-0.39, 0.29) is 29.6 Å². The lowest BCUT2D eigenvalue weighted by atomic mass is 9.74. The van der Waals surface area contributed by atoms with E-state index >= 15 is 0 Å². The summed E-state index contributed by atoms with van der Waals surface area (Å²) >= 11 is 0. The summed E-state index contributed by atoms with van der Waals surface area (Å²) in [5, 5.41) is 7.48. The van der Waals surface area contributed by atoms with Gasteiger partial charge < -0.3 is 9.88 Å². The lowest BCUT2D eigenvalue weighted by Gasteiger charge is -2.35. The van der Waals surface area contributed by atoms with Crippen molar-refractivity contribution in [1.29, 1.82) is 0 Å². The zero-order valence-electron chi connectivity index (χ0n) is 18.4. The van der Waals surface area contributed by atoms with Gasteiger partial charge in [-0.1, -0.05) is 13.8 Å². The number of nitrogens with zero attached hydrogens (tertiary/aromatic N) is 3. The monoisotopic (exact) mass is 411 g/mol. The number of pyridine rings is 2. The minimum absolute atomic E-state index is 0.0380. The quantitative estimate of drug-likeness (QED) is 0.801. The predicted molar refractivity (Wildman–Crippen MR) is 118 cm³/mol. The number of amides is 1. The average Bonchev–Trinajstić information content (AvgIpc) is 3.18. The molecular formula is C23H33N5O2. The summed E-state index contributed by atoms with van der Waals surface area (Å²) in [6, 6.07) is 4.14. The standard InChI is InChI=1S/C23H33N5O2/c1-5-16-12-20-15(13-25-16)10-19(23(30)28(20)4)18-11-17(7-6-14(18)2)26-22(29)21-24-8-9-27(21)3/h10,12-14,17-18,21,24H,5-9,11H2,1-4H3,(H,26,29). The number of carbonyl (C=O) groups excluding carboxylic acids is 1. The van der Waals surface area contributed by atoms with Gasteiger partial charge in [0.1, 0.15) is 6.17 Å². The smallest absolute Gasteiger partial charge is 0.254 e. The highest BCUT2D eigenvalue weighted by Gasteiger charge is 2.34. The Kier molecular flexibility index (Phi) is 5.93. The largest absolute Gasteiger partial charge is 0.351 e. The van der Waals surface area contributed by atoms with Crippen molar-refractivity contribution in [2.75, 3.05) is 20.1 Å². The molecule has 2 N–H and O–H groups in total. The Morgan fingerprint density at radius 2 is 2.10 bits per heavy atom. The highest BCUT2D eigenvalue weighted by molar-refractivity contribution is 5.82. The lowest BCUT2D eigenvalue weighted by Crippen LogP contribution is -2.51. The fourth-order valence-corrected chi connectivity index (χ4v) is 5.01. The molecule has 7 nitrogen and oxygen atoms in total. The zero-order valence-corrected chi connectivity index (χ0v) is 18.4. The first-order valence-electron chi connectivity index (χ1n) is 11.1. The highest BCUT2D eigenvalue weighted by Crippen LogP contribution is 2.37. The normalized spacial score (nSPS) is 27.5. The molecule has 1 aliphatic carbocycles. The maximum Gasteiger partial charge on any atom is 0.254 e. The molecule has 4 atom stereocenters. The molecule has 3 heterocycles. The summed E-state index contributed by atoms with van der Waals surface area (Å²) in [6.45, 7) is 6.00. The van der Waals surface area contributed by atoms with E-state index in [4.69, 9.17) is 0 Å². The number of carbonyl (C=O) groups is 1. The van der Waals surface area contributed by atoms with Gasteiger partial charge in [0.05, 0.1) is 5.52 Å². The van der Waals surface area contributed by atoms with Crippen LogP contribution in [0.2, 0.25) is 0 Å². The lowest BCUT2D eigenvalue weighted by molar-refractivity contribution is -0.126. The molecule has 0 bridgehead atoms. The second-order valence-electron chi connectivity index (χ2n) is 8.99. The van der Waals surface area contributed by atoms with Gasteiger partial charge in [0.2, 0.25) is 0 Å². The number of rotatable bonds is 4. The first-order chi connectivity index (χ1) is 14.4. The maximum absolute atomic E-state index is 13.2. The fourth-order valence-electron chi connectivity index (χ4n) is 5.01. The molecule has 7 heteroatoms. The zero-order chi connectivity index (χ0) is 21.4. The van der Waals surface area contributed by atoms with Crippen molar-refractivity contribution in [3.8, 4) is 0 Å². The van der Waals surface area contributed by atoms with Crippen molar-refractivity contribution in [2.45, 2.75) is 57.7 Å².